The quantitative estimate of drug-likeness (QED) is 0.865. The van der Waals surface area contributed by atoms with Crippen LogP contribution in [0.4, 0.5) is 11.6 Å². The minimum atomic E-state index is -2.84. The Morgan fingerprint density at radius 1 is 1.24 bits per heavy atom. The van der Waals surface area contributed by atoms with Gasteiger partial charge < -0.3 is 10.6 Å². The summed E-state index contributed by atoms with van der Waals surface area (Å²) < 4.78 is 23.0. The number of hydrogen-bond acceptors (Lipinski definition) is 6. The Balaban J connectivity index is 2.18. The molecule has 0 amide bonds. The first-order chi connectivity index (χ1) is 9.93. The lowest BCUT2D eigenvalue weighted by Gasteiger charge is -2.26. The molecule has 2 heterocycles. The molecule has 0 spiro atoms. The van der Waals surface area contributed by atoms with E-state index in [1.807, 2.05) is 6.92 Å². The van der Waals surface area contributed by atoms with Crippen LogP contribution in [0.2, 0.25) is 0 Å². The highest BCUT2D eigenvalue weighted by Crippen LogP contribution is 2.29. The average molecular weight is 312 g/mol. The molecule has 0 aliphatic carbocycles. The van der Waals surface area contributed by atoms with E-state index in [1.54, 1.807) is 6.33 Å². The molecule has 0 radical (unpaired) electrons. The van der Waals surface area contributed by atoms with E-state index in [0.29, 0.717) is 12.8 Å². The van der Waals surface area contributed by atoms with Crippen LogP contribution in [0.3, 0.4) is 0 Å². The highest BCUT2D eigenvalue weighted by atomic mass is 32.2. The van der Waals surface area contributed by atoms with Gasteiger partial charge in [-0.2, -0.15) is 0 Å². The van der Waals surface area contributed by atoms with Gasteiger partial charge in [0.25, 0.3) is 0 Å². The van der Waals surface area contributed by atoms with Crippen molar-refractivity contribution in [2.24, 2.45) is 0 Å². The molecule has 1 aliphatic rings. The topological polar surface area (TPSA) is 84.0 Å². The van der Waals surface area contributed by atoms with Crippen LogP contribution in [0.15, 0.2) is 6.33 Å². The van der Waals surface area contributed by atoms with Crippen molar-refractivity contribution in [2.75, 3.05) is 28.7 Å². The number of sulfone groups is 1. The van der Waals surface area contributed by atoms with Crippen molar-refractivity contribution in [2.45, 2.75) is 45.6 Å². The lowest BCUT2D eigenvalue weighted by molar-refractivity contribution is 0.558. The van der Waals surface area contributed by atoms with Crippen LogP contribution >= 0.6 is 0 Å². The fourth-order valence-electron chi connectivity index (χ4n) is 2.59. The van der Waals surface area contributed by atoms with E-state index in [2.05, 4.69) is 34.4 Å². The van der Waals surface area contributed by atoms with E-state index in [-0.39, 0.29) is 23.5 Å². The molecule has 1 saturated heterocycles. The number of aromatic nitrogens is 2. The van der Waals surface area contributed by atoms with Crippen molar-refractivity contribution in [3.05, 3.63) is 11.9 Å². The fourth-order valence-corrected chi connectivity index (χ4v) is 4.08. The van der Waals surface area contributed by atoms with Gasteiger partial charge in [0, 0.05) is 18.2 Å². The summed E-state index contributed by atoms with van der Waals surface area (Å²) in [5.41, 5.74) is 1.06. The van der Waals surface area contributed by atoms with Crippen LogP contribution in [0.25, 0.3) is 0 Å². The van der Waals surface area contributed by atoms with Gasteiger partial charge in [-0.25, -0.2) is 18.4 Å². The van der Waals surface area contributed by atoms with Gasteiger partial charge in [-0.1, -0.05) is 13.8 Å². The molecule has 1 aromatic heterocycles. The maximum absolute atomic E-state index is 11.5. The van der Waals surface area contributed by atoms with E-state index < -0.39 is 9.84 Å². The Labute approximate surface area is 126 Å². The van der Waals surface area contributed by atoms with Crippen LogP contribution in [0, 0.1) is 0 Å². The summed E-state index contributed by atoms with van der Waals surface area (Å²) in [6.07, 6.45) is 2.83. The normalized spacial score (nSPS) is 18.7. The largest absolute Gasteiger partial charge is 0.370 e. The first-order valence-electron chi connectivity index (χ1n) is 7.48. The van der Waals surface area contributed by atoms with E-state index in [4.69, 9.17) is 0 Å². The zero-order valence-electron chi connectivity index (χ0n) is 12.9. The van der Waals surface area contributed by atoms with Crippen molar-refractivity contribution in [1.29, 1.82) is 0 Å². The fraction of sp³-hybridized carbons (Fsp3) is 0.714. The summed E-state index contributed by atoms with van der Waals surface area (Å²) in [5, 5.41) is 6.67. The van der Waals surface area contributed by atoms with Crippen LogP contribution < -0.4 is 10.6 Å². The monoisotopic (exact) mass is 312 g/mol. The van der Waals surface area contributed by atoms with Crippen molar-refractivity contribution in [1.82, 2.24) is 9.97 Å². The van der Waals surface area contributed by atoms with Gasteiger partial charge >= 0.3 is 0 Å². The van der Waals surface area contributed by atoms with E-state index in [1.165, 1.54) is 0 Å². The maximum Gasteiger partial charge on any atom is 0.150 e. The molecule has 2 N–H and O–H groups in total. The molecule has 7 heteroatoms. The summed E-state index contributed by atoms with van der Waals surface area (Å²) >= 11 is 0. The first-order valence-corrected chi connectivity index (χ1v) is 9.30. The predicted octanol–water partition coefficient (Wildman–Crippen LogP) is 2.02. The van der Waals surface area contributed by atoms with Crippen LogP contribution in [0.5, 0.6) is 0 Å². The van der Waals surface area contributed by atoms with Crippen LogP contribution in [0.1, 0.15) is 45.1 Å². The number of nitrogens with zero attached hydrogens (tertiary/aromatic N) is 2. The maximum atomic E-state index is 11.5. The number of rotatable bonds is 5. The summed E-state index contributed by atoms with van der Waals surface area (Å²) in [5.74, 6) is 2.48. The summed E-state index contributed by atoms with van der Waals surface area (Å²) in [6.45, 7) is 7.05. The molecule has 0 aromatic carbocycles. The molecule has 2 rings (SSSR count). The molecule has 1 aliphatic heterocycles. The second-order valence-electron chi connectivity index (χ2n) is 5.74. The molecule has 0 bridgehead atoms. The summed E-state index contributed by atoms with van der Waals surface area (Å²) in [6, 6.07) is 0.162. The lowest BCUT2D eigenvalue weighted by Crippen LogP contribution is -2.32. The zero-order valence-corrected chi connectivity index (χ0v) is 13.7. The highest BCUT2D eigenvalue weighted by Gasteiger charge is 2.25. The summed E-state index contributed by atoms with van der Waals surface area (Å²) in [4.78, 5) is 8.67. The molecular weight excluding hydrogens is 288 g/mol. The SMILES string of the molecule is CCNc1ncnc(NC2CCS(=O)(=O)CC2)c1C(C)C. The van der Waals surface area contributed by atoms with Gasteiger partial charge in [-0.3, -0.25) is 0 Å². The molecule has 0 unspecified atom stereocenters. The highest BCUT2D eigenvalue weighted by molar-refractivity contribution is 7.91. The Kier molecular flexibility index (Phi) is 5.03. The Morgan fingerprint density at radius 2 is 1.86 bits per heavy atom. The zero-order chi connectivity index (χ0) is 15.5. The van der Waals surface area contributed by atoms with Gasteiger partial charge in [0.2, 0.25) is 0 Å². The molecule has 6 nitrogen and oxygen atoms in total. The smallest absolute Gasteiger partial charge is 0.150 e. The second-order valence-corrected chi connectivity index (χ2v) is 8.04. The van der Waals surface area contributed by atoms with Gasteiger partial charge in [-0.15, -0.1) is 0 Å². The van der Waals surface area contributed by atoms with Gasteiger partial charge in [0.15, 0.2) is 0 Å². The van der Waals surface area contributed by atoms with Crippen molar-refractivity contribution in [3.63, 3.8) is 0 Å². The third-order valence-electron chi connectivity index (χ3n) is 3.70. The number of anilines is 2. The molecule has 0 saturated carbocycles. The Hall–Kier alpha value is -1.37. The number of nitrogens with one attached hydrogen (secondary N) is 2. The minimum absolute atomic E-state index is 0.162. The molecular formula is C14H24N4O2S. The molecule has 1 fully saturated rings. The first kappa shape index (κ1) is 16.0. The second kappa shape index (κ2) is 6.60. The minimum Gasteiger partial charge on any atom is -0.370 e. The lowest BCUT2D eigenvalue weighted by atomic mass is 10.0. The molecule has 0 atom stereocenters. The van der Waals surface area contributed by atoms with Crippen LogP contribution in [-0.2, 0) is 9.84 Å². The van der Waals surface area contributed by atoms with Gasteiger partial charge in [0.05, 0.1) is 11.5 Å². The molecule has 21 heavy (non-hydrogen) atoms. The third kappa shape index (κ3) is 4.06. The van der Waals surface area contributed by atoms with Gasteiger partial charge in [-0.05, 0) is 25.7 Å². The van der Waals surface area contributed by atoms with E-state index in [9.17, 15) is 8.42 Å². The van der Waals surface area contributed by atoms with Crippen molar-refractivity contribution < 1.29 is 8.42 Å². The molecule has 1 aromatic rings. The van der Waals surface area contributed by atoms with Crippen LogP contribution in [-0.4, -0.2) is 42.5 Å². The Morgan fingerprint density at radius 3 is 2.43 bits per heavy atom. The Bertz CT molecular complexity index is 573. The standard InChI is InChI=1S/C14H24N4O2S/c1-4-15-13-12(10(2)3)14(17-9-16-13)18-11-5-7-21(19,20)8-6-11/h9-11H,4-8H2,1-3H3,(H2,15,16,17,18). The predicted molar refractivity (Wildman–Crippen MR) is 85.6 cm³/mol. The van der Waals surface area contributed by atoms with E-state index in [0.717, 1.165) is 23.7 Å². The third-order valence-corrected chi connectivity index (χ3v) is 5.42. The average Bonchev–Trinajstić information content (AvgIpc) is 2.41. The van der Waals surface area contributed by atoms with E-state index >= 15 is 0 Å². The number of hydrogen-bond donors (Lipinski definition) is 2. The van der Waals surface area contributed by atoms with Crippen molar-refractivity contribution >= 4 is 21.5 Å². The van der Waals surface area contributed by atoms with Gasteiger partial charge in [0.1, 0.15) is 27.8 Å². The molecule has 118 valence electrons. The summed E-state index contributed by atoms with van der Waals surface area (Å²) in [7, 11) is -2.84. The van der Waals surface area contributed by atoms with Crippen molar-refractivity contribution in [3.8, 4) is 0 Å².